The van der Waals surface area contributed by atoms with Gasteiger partial charge in [0.1, 0.15) is 11.6 Å². The van der Waals surface area contributed by atoms with Crippen LogP contribution >= 0.6 is 0 Å². The average Bonchev–Trinajstić information content (AvgIpc) is 3.01. The third kappa shape index (κ3) is 2.82. The quantitative estimate of drug-likeness (QED) is 0.796. The van der Waals surface area contributed by atoms with Crippen LogP contribution in [0.25, 0.3) is 0 Å². The number of aromatic nitrogens is 3. The maximum Gasteiger partial charge on any atom is 0.147 e. The Labute approximate surface area is 97.5 Å². The smallest absolute Gasteiger partial charge is 0.147 e. The Hall–Kier alpha value is -0.900. The molecule has 0 spiro atoms. The lowest BCUT2D eigenvalue weighted by atomic mass is 10.2. The molecular formula is C12H22N4. The van der Waals surface area contributed by atoms with Gasteiger partial charge in [-0.05, 0) is 45.6 Å². The lowest BCUT2D eigenvalue weighted by Crippen LogP contribution is -2.36. The molecule has 4 heteroatoms. The molecule has 1 atom stereocenters. The van der Waals surface area contributed by atoms with Crippen molar-refractivity contribution in [3.8, 4) is 0 Å². The van der Waals surface area contributed by atoms with Crippen LogP contribution in [0.15, 0.2) is 0 Å². The van der Waals surface area contributed by atoms with E-state index in [4.69, 9.17) is 0 Å². The normalized spacial score (nSPS) is 17.7. The van der Waals surface area contributed by atoms with Gasteiger partial charge in [0.05, 0.1) is 6.54 Å². The molecule has 0 saturated heterocycles. The summed E-state index contributed by atoms with van der Waals surface area (Å²) in [7, 11) is 0. The summed E-state index contributed by atoms with van der Waals surface area (Å²) < 4.78 is 2.04. The number of hydrogen-bond donors (Lipinski definition) is 1. The molecule has 0 bridgehead atoms. The number of aryl methyl sites for hydroxylation is 2. The summed E-state index contributed by atoms with van der Waals surface area (Å²) >= 11 is 0. The van der Waals surface area contributed by atoms with Crippen molar-refractivity contribution in [2.45, 2.75) is 52.6 Å². The standard InChI is InChI=1S/C12H22N4/c1-4-7-13-12(11-5-6-11)8-16-10(3)14-9(2)15-16/h11-13H,4-8H2,1-3H3. The van der Waals surface area contributed by atoms with Crippen LogP contribution in [0.3, 0.4) is 0 Å². The van der Waals surface area contributed by atoms with E-state index in [2.05, 4.69) is 22.3 Å². The third-order valence-corrected chi connectivity index (χ3v) is 3.18. The van der Waals surface area contributed by atoms with Crippen LogP contribution < -0.4 is 5.32 Å². The highest BCUT2D eigenvalue weighted by Gasteiger charge is 2.31. The topological polar surface area (TPSA) is 42.7 Å². The first-order valence-corrected chi connectivity index (χ1v) is 6.32. The molecule has 0 amide bonds. The van der Waals surface area contributed by atoms with Crippen LogP contribution in [0, 0.1) is 19.8 Å². The van der Waals surface area contributed by atoms with Gasteiger partial charge in [-0.25, -0.2) is 9.67 Å². The van der Waals surface area contributed by atoms with Gasteiger partial charge < -0.3 is 5.32 Å². The lowest BCUT2D eigenvalue weighted by molar-refractivity contribution is 0.384. The second-order valence-electron chi connectivity index (χ2n) is 4.79. The highest BCUT2D eigenvalue weighted by molar-refractivity contribution is 4.92. The summed E-state index contributed by atoms with van der Waals surface area (Å²) in [5.74, 6) is 2.76. The second-order valence-corrected chi connectivity index (χ2v) is 4.79. The van der Waals surface area contributed by atoms with Crippen molar-refractivity contribution in [2.24, 2.45) is 5.92 Å². The molecule has 1 aromatic rings. The Bertz CT molecular complexity index is 341. The number of nitrogens with one attached hydrogen (secondary N) is 1. The number of hydrogen-bond acceptors (Lipinski definition) is 3. The Morgan fingerprint density at radius 2 is 2.19 bits per heavy atom. The first kappa shape index (κ1) is 11.6. The van der Waals surface area contributed by atoms with E-state index in [0.29, 0.717) is 6.04 Å². The highest BCUT2D eigenvalue weighted by Crippen LogP contribution is 2.33. The molecule has 1 fully saturated rings. The minimum atomic E-state index is 0.583. The first-order valence-electron chi connectivity index (χ1n) is 6.32. The molecule has 1 unspecified atom stereocenters. The van der Waals surface area contributed by atoms with Crippen molar-refractivity contribution in [3.63, 3.8) is 0 Å². The average molecular weight is 222 g/mol. The molecule has 1 N–H and O–H groups in total. The van der Waals surface area contributed by atoms with Crippen molar-refractivity contribution in [1.29, 1.82) is 0 Å². The molecule has 0 aromatic carbocycles. The van der Waals surface area contributed by atoms with Crippen molar-refractivity contribution < 1.29 is 0 Å². The van der Waals surface area contributed by atoms with Gasteiger partial charge in [-0.3, -0.25) is 0 Å². The van der Waals surface area contributed by atoms with E-state index in [-0.39, 0.29) is 0 Å². The molecule has 2 rings (SSSR count). The molecule has 1 aliphatic rings. The molecule has 0 radical (unpaired) electrons. The highest BCUT2D eigenvalue weighted by atomic mass is 15.4. The number of nitrogens with zero attached hydrogens (tertiary/aromatic N) is 3. The molecule has 1 heterocycles. The van der Waals surface area contributed by atoms with Gasteiger partial charge >= 0.3 is 0 Å². The van der Waals surface area contributed by atoms with Gasteiger partial charge in [-0.1, -0.05) is 6.92 Å². The van der Waals surface area contributed by atoms with Gasteiger partial charge in [0, 0.05) is 6.04 Å². The van der Waals surface area contributed by atoms with Crippen molar-refractivity contribution >= 4 is 0 Å². The predicted octanol–water partition coefficient (Wildman–Crippen LogP) is 1.67. The summed E-state index contributed by atoms with van der Waals surface area (Å²) in [6.45, 7) is 8.27. The van der Waals surface area contributed by atoms with Crippen molar-refractivity contribution in [1.82, 2.24) is 20.1 Å². The Morgan fingerprint density at radius 3 is 2.69 bits per heavy atom. The Morgan fingerprint density at radius 1 is 1.44 bits per heavy atom. The van der Waals surface area contributed by atoms with Gasteiger partial charge in [-0.15, -0.1) is 0 Å². The molecule has 90 valence electrons. The van der Waals surface area contributed by atoms with Crippen LogP contribution in [0.5, 0.6) is 0 Å². The fraction of sp³-hybridized carbons (Fsp3) is 0.833. The number of rotatable bonds is 6. The molecule has 4 nitrogen and oxygen atoms in total. The van der Waals surface area contributed by atoms with E-state index in [9.17, 15) is 0 Å². The fourth-order valence-electron chi connectivity index (χ4n) is 2.13. The lowest BCUT2D eigenvalue weighted by Gasteiger charge is -2.18. The summed E-state index contributed by atoms with van der Waals surface area (Å²) in [6.07, 6.45) is 3.93. The first-order chi connectivity index (χ1) is 7.70. The molecule has 1 aromatic heterocycles. The maximum absolute atomic E-state index is 4.43. The Kier molecular flexibility index (Phi) is 3.59. The molecular weight excluding hydrogens is 200 g/mol. The van der Waals surface area contributed by atoms with Crippen LogP contribution in [0.2, 0.25) is 0 Å². The molecule has 0 aliphatic heterocycles. The minimum absolute atomic E-state index is 0.583. The summed E-state index contributed by atoms with van der Waals surface area (Å²) in [5.41, 5.74) is 0. The summed E-state index contributed by atoms with van der Waals surface area (Å²) in [6, 6.07) is 0.583. The van der Waals surface area contributed by atoms with E-state index < -0.39 is 0 Å². The SMILES string of the molecule is CCCNC(Cn1nc(C)nc1C)C1CC1. The minimum Gasteiger partial charge on any atom is -0.312 e. The molecule has 1 aliphatic carbocycles. The van der Waals surface area contributed by atoms with E-state index in [1.807, 2.05) is 18.5 Å². The second kappa shape index (κ2) is 4.95. The zero-order valence-corrected chi connectivity index (χ0v) is 10.5. The van der Waals surface area contributed by atoms with Crippen molar-refractivity contribution in [3.05, 3.63) is 11.6 Å². The van der Waals surface area contributed by atoms with Crippen LogP contribution in [-0.4, -0.2) is 27.4 Å². The largest absolute Gasteiger partial charge is 0.312 e. The van der Waals surface area contributed by atoms with Crippen LogP contribution in [0.4, 0.5) is 0 Å². The summed E-state index contributed by atoms with van der Waals surface area (Å²) in [5, 5.41) is 8.06. The van der Waals surface area contributed by atoms with E-state index >= 15 is 0 Å². The van der Waals surface area contributed by atoms with Gasteiger partial charge in [0.2, 0.25) is 0 Å². The summed E-state index contributed by atoms with van der Waals surface area (Å²) in [4.78, 5) is 4.35. The fourth-order valence-corrected chi connectivity index (χ4v) is 2.13. The monoisotopic (exact) mass is 222 g/mol. The third-order valence-electron chi connectivity index (χ3n) is 3.18. The predicted molar refractivity (Wildman–Crippen MR) is 64.3 cm³/mol. The van der Waals surface area contributed by atoms with Gasteiger partial charge in [-0.2, -0.15) is 5.10 Å². The zero-order chi connectivity index (χ0) is 11.5. The van der Waals surface area contributed by atoms with E-state index in [1.54, 1.807) is 0 Å². The Balaban J connectivity index is 1.96. The maximum atomic E-state index is 4.43. The van der Waals surface area contributed by atoms with Gasteiger partial charge in [0.25, 0.3) is 0 Å². The molecule has 1 saturated carbocycles. The van der Waals surface area contributed by atoms with E-state index in [0.717, 1.165) is 30.7 Å². The van der Waals surface area contributed by atoms with Crippen molar-refractivity contribution in [2.75, 3.05) is 6.54 Å². The van der Waals surface area contributed by atoms with Crippen LogP contribution in [0.1, 0.15) is 37.8 Å². The van der Waals surface area contributed by atoms with Gasteiger partial charge in [0.15, 0.2) is 0 Å². The van der Waals surface area contributed by atoms with E-state index in [1.165, 1.54) is 19.3 Å². The van der Waals surface area contributed by atoms with Crippen LogP contribution in [-0.2, 0) is 6.54 Å². The molecule has 16 heavy (non-hydrogen) atoms. The zero-order valence-electron chi connectivity index (χ0n) is 10.5.